The molecule has 125 heavy (non-hydrogen) atoms. The van der Waals surface area contributed by atoms with Crippen molar-refractivity contribution in [1.82, 2.24) is 0 Å². The van der Waals surface area contributed by atoms with Gasteiger partial charge in [0.05, 0.1) is 88.5 Å². The van der Waals surface area contributed by atoms with Crippen molar-refractivity contribution in [2.75, 3.05) is 20.3 Å². The molecule has 2 aliphatic rings. The van der Waals surface area contributed by atoms with Gasteiger partial charge in [-0.3, -0.25) is 47.9 Å². The number of para-hydroxylation sites is 1. The monoisotopic (exact) mass is 1780 g/mol. The summed E-state index contributed by atoms with van der Waals surface area (Å²) < 4.78 is 59.7. The summed E-state index contributed by atoms with van der Waals surface area (Å²) in [5, 5.41) is 0. The van der Waals surface area contributed by atoms with E-state index < -0.39 is 11.0 Å². The third-order valence-electron chi connectivity index (χ3n) is 14.4. The average Bonchev–Trinajstić information content (AvgIpc) is 1.03. The van der Waals surface area contributed by atoms with E-state index in [4.69, 9.17) is 52.1 Å². The lowest BCUT2D eigenvalue weighted by Gasteiger charge is -2.20. The molecule has 0 bridgehead atoms. The summed E-state index contributed by atoms with van der Waals surface area (Å²) in [4.78, 5) is 132. The van der Waals surface area contributed by atoms with Crippen LogP contribution in [0.15, 0.2) is 72.8 Å². The van der Waals surface area contributed by atoms with Gasteiger partial charge in [0.15, 0.2) is 0 Å². The zero-order valence-corrected chi connectivity index (χ0v) is 86.8. The third kappa shape index (κ3) is 91.8. The van der Waals surface area contributed by atoms with Crippen LogP contribution in [0.3, 0.4) is 0 Å². The maximum Gasteiger partial charge on any atom is 0.338 e. The predicted molar refractivity (Wildman–Crippen MR) is 501 cm³/mol. The Morgan fingerprint density at radius 2 is 0.768 bits per heavy atom. The molecule has 2 fully saturated rings. The molecule has 0 unspecified atom stereocenters. The van der Waals surface area contributed by atoms with Crippen LogP contribution in [0.25, 0.3) is 0 Å². The summed E-state index contributed by atoms with van der Waals surface area (Å²) in [6.45, 7) is 83.6. The summed E-state index contributed by atoms with van der Waals surface area (Å²) in [6.07, 6.45) is 14.2. The number of esters is 12. The Morgan fingerprint density at radius 1 is 0.400 bits per heavy atom. The third-order valence-corrected chi connectivity index (χ3v) is 14.4. The fourth-order valence-electron chi connectivity index (χ4n) is 8.01. The molecule has 0 N–H and O–H groups in total. The van der Waals surface area contributed by atoms with Crippen LogP contribution in [0.5, 0.6) is 5.75 Å². The van der Waals surface area contributed by atoms with E-state index in [0.717, 1.165) is 38.5 Å². The van der Waals surface area contributed by atoms with Crippen LogP contribution >= 0.6 is 0 Å². The van der Waals surface area contributed by atoms with Crippen molar-refractivity contribution in [2.45, 2.75) is 428 Å². The van der Waals surface area contributed by atoms with Crippen LogP contribution in [0.4, 0.5) is 0 Å². The van der Waals surface area contributed by atoms with Crippen molar-refractivity contribution in [3.8, 4) is 5.75 Å². The highest BCUT2D eigenvalue weighted by atomic mass is 16.6. The first kappa shape index (κ1) is 132. The second-order valence-electron chi connectivity index (χ2n) is 41.3. The van der Waals surface area contributed by atoms with E-state index in [-0.39, 0.29) is 152 Å². The number of carbonyl (C=O) groups is 12. The number of hydrogen-bond donors (Lipinski definition) is 0. The van der Waals surface area contributed by atoms with Gasteiger partial charge < -0.3 is 56.8 Å². The second kappa shape index (κ2) is 66.2. The van der Waals surface area contributed by atoms with Gasteiger partial charge in [-0.1, -0.05) is 103 Å². The van der Waals surface area contributed by atoms with Crippen molar-refractivity contribution < 1.29 is 114 Å². The van der Waals surface area contributed by atoms with Crippen molar-refractivity contribution in [2.24, 2.45) is 44.3 Å². The minimum atomic E-state index is -0.449. The molecular formula is C101H180O24. The van der Waals surface area contributed by atoms with Crippen LogP contribution < -0.4 is 4.74 Å². The van der Waals surface area contributed by atoms with E-state index >= 15 is 0 Å². The Balaban J connectivity index is -0.000000200. The van der Waals surface area contributed by atoms with E-state index in [1.165, 1.54) is 52.6 Å². The Morgan fingerprint density at radius 3 is 1.02 bits per heavy atom. The number of carbonyl (C=O) groups excluding carboxylic acids is 12. The van der Waals surface area contributed by atoms with Crippen molar-refractivity contribution in [3.63, 3.8) is 0 Å². The maximum absolute atomic E-state index is 11.4. The van der Waals surface area contributed by atoms with E-state index in [2.05, 4.69) is 18.2 Å². The summed E-state index contributed by atoms with van der Waals surface area (Å²) >= 11 is 0. The molecule has 0 heterocycles. The highest BCUT2D eigenvalue weighted by Gasteiger charge is 2.30. The van der Waals surface area contributed by atoms with Gasteiger partial charge in [-0.15, -0.1) is 0 Å². The van der Waals surface area contributed by atoms with Crippen molar-refractivity contribution >= 4 is 71.6 Å². The molecular weight excluding hydrogens is 1600 g/mol. The molecule has 2 aromatic carbocycles. The minimum Gasteiger partial charge on any atom is -0.469 e. The van der Waals surface area contributed by atoms with Crippen LogP contribution in [0, 0.1) is 44.3 Å². The Labute approximate surface area is 759 Å². The number of ether oxygens (including phenoxy) is 12. The zero-order chi connectivity index (χ0) is 100. The molecule has 0 aliphatic heterocycles. The van der Waals surface area contributed by atoms with Crippen LogP contribution in [-0.4, -0.2) is 139 Å². The first-order valence-corrected chi connectivity index (χ1v) is 44.3. The molecule has 2 aromatic rings. The molecule has 0 spiro atoms. The van der Waals surface area contributed by atoms with Gasteiger partial charge in [0.1, 0.15) is 34.3 Å². The maximum atomic E-state index is 11.4. The van der Waals surface area contributed by atoms with Gasteiger partial charge in [-0.05, 0) is 332 Å². The Hall–Kier alpha value is -8.18. The number of hydrogen-bond acceptors (Lipinski definition) is 24. The highest BCUT2D eigenvalue weighted by molar-refractivity contribution is 5.89. The number of methoxy groups -OCH3 is 1. The first-order chi connectivity index (χ1) is 56.2. The zero-order valence-electron chi connectivity index (χ0n) is 86.8. The fraction of sp³-hybridized carbons (Fsp3) is 0.743. The van der Waals surface area contributed by atoms with Gasteiger partial charge >= 0.3 is 71.6 Å². The number of unbranched alkanes of at least 4 members (excludes halogenated alkanes) is 3. The van der Waals surface area contributed by atoms with E-state index in [0.29, 0.717) is 36.5 Å². The molecule has 0 radical (unpaired) electrons. The molecule has 24 nitrogen and oxygen atoms in total. The van der Waals surface area contributed by atoms with Crippen molar-refractivity contribution in [3.05, 3.63) is 78.4 Å². The topological polar surface area (TPSA) is 316 Å². The summed E-state index contributed by atoms with van der Waals surface area (Å²) in [5.74, 6) is -1.09. The smallest absolute Gasteiger partial charge is 0.338 e. The van der Waals surface area contributed by atoms with Gasteiger partial charge in [0.2, 0.25) is 0 Å². The lowest BCUT2D eigenvalue weighted by atomic mass is 9.97. The normalized spacial score (nSPS) is 12.6. The average molecular weight is 1780 g/mol. The van der Waals surface area contributed by atoms with E-state index in [1.54, 1.807) is 38.1 Å². The van der Waals surface area contributed by atoms with Crippen LogP contribution in [0.1, 0.15) is 392 Å². The molecule has 24 heteroatoms. The van der Waals surface area contributed by atoms with E-state index in [9.17, 15) is 57.5 Å². The Bertz CT molecular complexity index is 3300. The fourth-order valence-corrected chi connectivity index (χ4v) is 8.01. The summed E-state index contributed by atoms with van der Waals surface area (Å²) in [7, 11) is 1.40. The second-order valence-corrected chi connectivity index (χ2v) is 41.3. The van der Waals surface area contributed by atoms with Gasteiger partial charge in [-0.2, -0.15) is 0 Å². The number of benzene rings is 2. The SMILES string of the molecule is C=C(C)C(=O)OC(C)(C)C.CC(=O)OC(C)(C)C.CC(C)(C)C(=O)OC1CCCC1.CC(C)(C)C(=O)Oc1ccccc1.CC(C)C(=O)OC(C)(C)C.CC(C)OC(=O)C(C)(C)C.CC(C)OC(=O)C1CCCC1.CC(C)OC(=O)c1ccccc1.CCC(=O)OC(C)(C)C.CCCCCCOC(=O)C(C)(C)C.CCOC(=O)C(C)(C)C.COC(=O)C(C)(C)C. The molecule has 728 valence electrons. The highest BCUT2D eigenvalue weighted by Crippen LogP contribution is 2.28. The molecule has 0 atom stereocenters. The van der Waals surface area contributed by atoms with Gasteiger partial charge in [0, 0.05) is 18.9 Å². The lowest BCUT2D eigenvalue weighted by molar-refractivity contribution is -0.159. The molecule has 0 aromatic heterocycles. The molecule has 0 amide bonds. The van der Waals surface area contributed by atoms with Crippen LogP contribution in [0.2, 0.25) is 0 Å². The molecule has 4 rings (SSSR count). The quantitative estimate of drug-likeness (QED) is 0.0495. The molecule has 2 saturated carbocycles. The standard InChI is InChI=1S/C11H14O2.C11H22O2.C10H18O2.C10H12O2.C9H16O2.2C8H16O2.C8H14O2.2C7H14O2.2C6H12O2/c1-11(2,3)10(12)13-9-7-5-4-6-8-9;1-5-6-7-8-9-13-10(12)11(2,3)4;1-10(2,3)9(11)12-8-6-4-5-7-8;1-8(2)12-10(11)9-6-4-3-5-7-9;1-7(2)11-9(10)8-5-3-4-6-8;1-6(2)10-7(9)8(3,4)5;2*1-6(2)7(9)10-8(3,4)5;1-5-9-6(8)7(2,3)4;1-5-6(8)9-7(2,3)4;1-6(2,3)5(7)8-4;1-5(7)8-6(2,3)4/h4-8H,1-3H3;5-9H2,1-4H3;8H,4-7H2,1-3H3;3-8H,1-2H3;7-8H,3-6H2,1-2H3;2*6H,1-5H3;1H2,2-5H3;2*5H2,1-4H3;2*1-4H3. The molecule has 0 saturated heterocycles. The predicted octanol–water partition coefficient (Wildman–Crippen LogP) is 24.5. The summed E-state index contributed by atoms with van der Waals surface area (Å²) in [5.41, 5.74) is -2.59. The van der Waals surface area contributed by atoms with Gasteiger partial charge in [0.25, 0.3) is 0 Å². The Kier molecular flexibility index (Phi) is 70.1. The van der Waals surface area contributed by atoms with E-state index in [1.807, 2.05) is 306 Å². The molecule has 2 aliphatic carbocycles. The van der Waals surface area contributed by atoms with Crippen molar-refractivity contribution in [1.29, 1.82) is 0 Å². The lowest BCUT2D eigenvalue weighted by Crippen LogP contribution is -2.26. The minimum absolute atomic E-state index is 0.00766. The summed E-state index contributed by atoms with van der Waals surface area (Å²) in [6, 6.07) is 18.1. The number of rotatable bonds is 16. The van der Waals surface area contributed by atoms with Gasteiger partial charge in [-0.25, -0.2) is 9.59 Å². The first-order valence-electron chi connectivity index (χ1n) is 44.3. The largest absolute Gasteiger partial charge is 0.469 e. The van der Waals surface area contributed by atoms with Crippen LogP contribution in [-0.2, 0) is 105 Å².